The first-order chi connectivity index (χ1) is 11.5. The number of carbonyl (C=O) groups is 1. The van der Waals surface area contributed by atoms with E-state index in [0.717, 1.165) is 22.5 Å². The van der Waals surface area contributed by atoms with Crippen molar-refractivity contribution >= 4 is 11.4 Å². The average molecular weight is 318 g/mol. The highest BCUT2D eigenvalue weighted by Crippen LogP contribution is 2.34. The highest BCUT2D eigenvalue weighted by atomic mass is 16.5. The van der Waals surface area contributed by atoms with Crippen molar-refractivity contribution in [2.75, 3.05) is 0 Å². The molecule has 24 heavy (non-hydrogen) atoms. The van der Waals surface area contributed by atoms with Gasteiger partial charge in [-0.05, 0) is 29.7 Å². The number of rotatable bonds is 4. The molecule has 122 valence electrons. The van der Waals surface area contributed by atoms with E-state index in [2.05, 4.69) is 24.3 Å². The molecule has 0 fully saturated rings. The Morgan fingerprint density at radius 3 is 1.88 bits per heavy atom. The molecule has 1 aliphatic rings. The van der Waals surface area contributed by atoms with E-state index in [4.69, 9.17) is 4.74 Å². The van der Waals surface area contributed by atoms with Gasteiger partial charge in [0.1, 0.15) is 5.76 Å². The molecule has 2 aromatic rings. The van der Waals surface area contributed by atoms with Crippen molar-refractivity contribution in [3.05, 3.63) is 89.7 Å². The molecule has 2 nitrogen and oxygen atoms in total. The van der Waals surface area contributed by atoms with Gasteiger partial charge in [0.15, 0.2) is 5.60 Å². The first-order valence-corrected chi connectivity index (χ1v) is 8.28. The fourth-order valence-electron chi connectivity index (χ4n) is 2.83. The Balaban J connectivity index is 2.07. The summed E-state index contributed by atoms with van der Waals surface area (Å²) in [5, 5.41) is 0. The highest BCUT2D eigenvalue weighted by Gasteiger charge is 2.39. The van der Waals surface area contributed by atoms with Gasteiger partial charge < -0.3 is 4.74 Å². The summed E-state index contributed by atoms with van der Waals surface area (Å²) in [7, 11) is 0. The van der Waals surface area contributed by atoms with Crippen LogP contribution >= 0.6 is 0 Å². The van der Waals surface area contributed by atoms with Crippen LogP contribution in [0.25, 0.3) is 5.57 Å². The molecule has 2 aromatic carbocycles. The minimum absolute atomic E-state index is 0.00411. The molecule has 1 unspecified atom stereocenters. The van der Waals surface area contributed by atoms with Crippen LogP contribution in [-0.2, 0) is 9.53 Å². The SMILES string of the molecule is CC(C)C1=CC(=O)C(C)(C=C(c2ccccc2)c2ccccc2)O1. The number of ketones is 1. The lowest BCUT2D eigenvalue weighted by Gasteiger charge is -2.23. The van der Waals surface area contributed by atoms with Crippen LogP contribution in [0.3, 0.4) is 0 Å². The summed E-state index contributed by atoms with van der Waals surface area (Å²) in [5.74, 6) is 0.941. The Morgan fingerprint density at radius 2 is 1.46 bits per heavy atom. The summed E-state index contributed by atoms with van der Waals surface area (Å²) >= 11 is 0. The first-order valence-electron chi connectivity index (χ1n) is 8.28. The molecule has 0 radical (unpaired) electrons. The second-order valence-electron chi connectivity index (χ2n) is 6.56. The first kappa shape index (κ1) is 16.3. The van der Waals surface area contributed by atoms with Crippen LogP contribution in [0.2, 0.25) is 0 Å². The predicted molar refractivity (Wildman–Crippen MR) is 97.4 cm³/mol. The van der Waals surface area contributed by atoms with Crippen molar-refractivity contribution < 1.29 is 9.53 Å². The maximum atomic E-state index is 12.6. The van der Waals surface area contributed by atoms with Gasteiger partial charge in [0.25, 0.3) is 0 Å². The molecule has 0 amide bonds. The van der Waals surface area contributed by atoms with Crippen LogP contribution in [0.1, 0.15) is 31.9 Å². The lowest BCUT2D eigenvalue weighted by atomic mass is 9.91. The molecule has 1 atom stereocenters. The van der Waals surface area contributed by atoms with Crippen molar-refractivity contribution in [1.29, 1.82) is 0 Å². The van der Waals surface area contributed by atoms with Gasteiger partial charge >= 0.3 is 0 Å². The second-order valence-corrected chi connectivity index (χ2v) is 6.56. The number of hydrogen-bond acceptors (Lipinski definition) is 2. The Morgan fingerprint density at radius 1 is 0.958 bits per heavy atom. The van der Waals surface area contributed by atoms with E-state index in [1.165, 1.54) is 0 Å². The molecular weight excluding hydrogens is 296 g/mol. The third-order valence-electron chi connectivity index (χ3n) is 4.25. The normalized spacial score (nSPS) is 19.8. The zero-order chi connectivity index (χ0) is 17.2. The van der Waals surface area contributed by atoms with E-state index >= 15 is 0 Å². The van der Waals surface area contributed by atoms with E-state index in [9.17, 15) is 4.79 Å². The fraction of sp³-hybridized carbons (Fsp3) is 0.227. The van der Waals surface area contributed by atoms with Crippen molar-refractivity contribution in [2.45, 2.75) is 26.4 Å². The van der Waals surface area contributed by atoms with Gasteiger partial charge in [0.2, 0.25) is 5.78 Å². The van der Waals surface area contributed by atoms with Gasteiger partial charge in [-0.2, -0.15) is 0 Å². The quantitative estimate of drug-likeness (QED) is 0.791. The molecular formula is C22H22O2. The number of allylic oxidation sites excluding steroid dienone is 1. The van der Waals surface area contributed by atoms with E-state index in [-0.39, 0.29) is 11.7 Å². The Bertz CT molecular complexity index is 744. The van der Waals surface area contributed by atoms with Crippen LogP contribution in [0.4, 0.5) is 0 Å². The van der Waals surface area contributed by atoms with E-state index in [1.54, 1.807) is 6.08 Å². The Labute approximate surface area is 143 Å². The topological polar surface area (TPSA) is 26.3 Å². The monoisotopic (exact) mass is 318 g/mol. The van der Waals surface area contributed by atoms with Gasteiger partial charge in [0.05, 0.1) is 0 Å². The molecule has 2 heteroatoms. The maximum Gasteiger partial charge on any atom is 0.206 e. The van der Waals surface area contributed by atoms with Gasteiger partial charge in [0, 0.05) is 12.0 Å². The third-order valence-corrected chi connectivity index (χ3v) is 4.25. The van der Waals surface area contributed by atoms with Gasteiger partial charge in [-0.15, -0.1) is 0 Å². The van der Waals surface area contributed by atoms with Crippen LogP contribution < -0.4 is 0 Å². The van der Waals surface area contributed by atoms with Crippen LogP contribution in [0, 0.1) is 5.92 Å². The molecule has 0 spiro atoms. The van der Waals surface area contributed by atoms with Gasteiger partial charge in [-0.1, -0.05) is 74.5 Å². The summed E-state index contributed by atoms with van der Waals surface area (Å²) in [6, 6.07) is 20.2. The summed E-state index contributed by atoms with van der Waals surface area (Å²) in [6.45, 7) is 5.90. The van der Waals surface area contributed by atoms with Crippen LogP contribution in [0.15, 0.2) is 78.6 Å². The molecule has 3 rings (SSSR count). The standard InChI is InChI=1S/C22H22O2/c1-16(2)20-14-21(23)22(3,24-20)15-19(17-10-6-4-7-11-17)18-12-8-5-9-13-18/h4-16H,1-3H3. The molecule has 0 bridgehead atoms. The van der Waals surface area contributed by atoms with Crippen LogP contribution in [0.5, 0.6) is 0 Å². The van der Waals surface area contributed by atoms with Gasteiger partial charge in [-0.3, -0.25) is 4.79 Å². The lowest BCUT2D eigenvalue weighted by Crippen LogP contribution is -2.30. The molecule has 0 saturated carbocycles. The van der Waals surface area contributed by atoms with E-state index < -0.39 is 5.60 Å². The minimum Gasteiger partial charge on any atom is -0.479 e. The lowest BCUT2D eigenvalue weighted by molar-refractivity contribution is -0.124. The van der Waals surface area contributed by atoms with E-state index in [1.807, 2.05) is 63.2 Å². The summed E-state index contributed by atoms with van der Waals surface area (Å²) in [5.41, 5.74) is 2.18. The molecule has 0 aromatic heterocycles. The third kappa shape index (κ3) is 3.18. The molecule has 1 aliphatic heterocycles. The second kappa shape index (κ2) is 6.48. The summed E-state index contributed by atoms with van der Waals surface area (Å²) < 4.78 is 6.03. The van der Waals surface area contributed by atoms with Crippen molar-refractivity contribution in [3.8, 4) is 0 Å². The van der Waals surface area contributed by atoms with Crippen molar-refractivity contribution in [1.82, 2.24) is 0 Å². The fourth-order valence-corrected chi connectivity index (χ4v) is 2.83. The summed E-state index contributed by atoms with van der Waals surface area (Å²) in [6.07, 6.45) is 3.58. The maximum absolute atomic E-state index is 12.6. The predicted octanol–water partition coefficient (Wildman–Crippen LogP) is 5.02. The average Bonchev–Trinajstić information content (AvgIpc) is 2.90. The van der Waals surface area contributed by atoms with Crippen LogP contribution in [-0.4, -0.2) is 11.4 Å². The smallest absolute Gasteiger partial charge is 0.206 e. The van der Waals surface area contributed by atoms with Crippen molar-refractivity contribution in [3.63, 3.8) is 0 Å². The zero-order valence-electron chi connectivity index (χ0n) is 14.3. The number of carbonyl (C=O) groups excluding carboxylic acids is 1. The van der Waals surface area contributed by atoms with Gasteiger partial charge in [-0.25, -0.2) is 0 Å². The molecule has 1 heterocycles. The highest BCUT2D eigenvalue weighted by molar-refractivity contribution is 6.02. The number of ether oxygens (including phenoxy) is 1. The van der Waals surface area contributed by atoms with E-state index in [0.29, 0.717) is 0 Å². The number of hydrogen-bond donors (Lipinski definition) is 0. The molecule has 0 saturated heterocycles. The van der Waals surface area contributed by atoms with Crippen molar-refractivity contribution in [2.24, 2.45) is 5.92 Å². The zero-order valence-corrected chi connectivity index (χ0v) is 14.3. The minimum atomic E-state index is -0.958. The Hall–Kier alpha value is -2.61. The molecule has 0 N–H and O–H groups in total. The number of benzene rings is 2. The Kier molecular flexibility index (Phi) is 4.39. The molecule has 0 aliphatic carbocycles. The summed E-state index contributed by atoms with van der Waals surface area (Å²) in [4.78, 5) is 12.6. The largest absolute Gasteiger partial charge is 0.479 e.